The number of halogens is 1. The van der Waals surface area contributed by atoms with E-state index in [-0.39, 0.29) is 29.4 Å². The van der Waals surface area contributed by atoms with E-state index in [1.54, 1.807) is 12.1 Å². The number of carbonyl (C=O) groups excluding carboxylic acids is 1. The topological polar surface area (TPSA) is 68.6 Å². The van der Waals surface area contributed by atoms with E-state index >= 15 is 0 Å². The van der Waals surface area contributed by atoms with E-state index in [0.717, 1.165) is 23.2 Å². The molecule has 1 N–H and O–H groups in total. The molecule has 1 unspecified atom stereocenters. The van der Waals surface area contributed by atoms with Crippen LogP contribution in [0.1, 0.15) is 68.7 Å². The third-order valence-corrected chi connectivity index (χ3v) is 7.79. The Kier molecular flexibility index (Phi) is 6.42. The minimum absolute atomic E-state index is 0.0223. The normalized spacial score (nSPS) is 21.2. The molecule has 0 radical (unpaired) electrons. The molecule has 2 fully saturated rings. The number of hydrogen-bond donors (Lipinski definition) is 1. The van der Waals surface area contributed by atoms with Gasteiger partial charge in [-0.3, -0.25) is 0 Å². The van der Waals surface area contributed by atoms with Crippen molar-refractivity contribution in [3.8, 4) is 6.07 Å². The number of carbonyl (C=O) groups is 1. The van der Waals surface area contributed by atoms with E-state index in [0.29, 0.717) is 37.8 Å². The predicted octanol–water partition coefficient (Wildman–Crippen LogP) is 5.80. The van der Waals surface area contributed by atoms with E-state index in [4.69, 9.17) is 4.74 Å². The van der Waals surface area contributed by atoms with Crippen LogP contribution in [0.25, 0.3) is 0 Å². The molecule has 1 saturated heterocycles. The van der Waals surface area contributed by atoms with Gasteiger partial charge in [0, 0.05) is 31.7 Å². The molecule has 1 aliphatic carbocycles. The van der Waals surface area contributed by atoms with Crippen molar-refractivity contribution in [3.05, 3.63) is 58.4 Å². The smallest absolute Gasteiger partial charge is 0.322 e. The zero-order valence-electron chi connectivity index (χ0n) is 21.6. The average molecular weight is 491 g/mol. The molecule has 2 aliphatic heterocycles. The van der Waals surface area contributed by atoms with Gasteiger partial charge in [-0.05, 0) is 85.5 Å². The molecule has 7 heteroatoms. The summed E-state index contributed by atoms with van der Waals surface area (Å²) >= 11 is 0. The number of rotatable bonds is 4. The molecule has 1 atom stereocenters. The van der Waals surface area contributed by atoms with Crippen molar-refractivity contribution in [2.24, 2.45) is 5.92 Å². The van der Waals surface area contributed by atoms with Gasteiger partial charge in [-0.1, -0.05) is 13.8 Å². The van der Waals surface area contributed by atoms with Crippen molar-refractivity contribution < 1.29 is 13.9 Å². The second-order valence-corrected chi connectivity index (χ2v) is 11.3. The summed E-state index contributed by atoms with van der Waals surface area (Å²) in [4.78, 5) is 17.4. The molecule has 1 saturated carbocycles. The number of piperazine rings is 1. The maximum absolute atomic E-state index is 13.3. The van der Waals surface area contributed by atoms with Gasteiger partial charge in [0.1, 0.15) is 11.9 Å². The largest absolute Gasteiger partial charge is 0.371 e. The molecule has 0 bridgehead atoms. The highest BCUT2D eigenvalue weighted by molar-refractivity contribution is 5.89. The fourth-order valence-electron chi connectivity index (χ4n) is 5.61. The first kappa shape index (κ1) is 24.6. The fraction of sp³-hybridized carbons (Fsp3) is 0.517. The summed E-state index contributed by atoms with van der Waals surface area (Å²) in [7, 11) is 0. The number of nitrogens with zero attached hydrogens (tertiary/aromatic N) is 3. The summed E-state index contributed by atoms with van der Waals surface area (Å²) in [5.41, 5.74) is 5.74. The highest BCUT2D eigenvalue weighted by atomic mass is 19.1. The second-order valence-electron chi connectivity index (χ2n) is 11.3. The van der Waals surface area contributed by atoms with Gasteiger partial charge < -0.3 is 19.9 Å². The predicted molar refractivity (Wildman–Crippen MR) is 139 cm³/mol. The summed E-state index contributed by atoms with van der Waals surface area (Å²) in [5, 5.41) is 13.2. The third-order valence-electron chi connectivity index (χ3n) is 7.79. The quantitative estimate of drug-likeness (QED) is 0.588. The lowest BCUT2D eigenvalue weighted by Gasteiger charge is -2.45. The average Bonchev–Trinajstić information content (AvgIpc) is 3.69. The molecular formula is C29H35FN4O2. The van der Waals surface area contributed by atoms with Crippen LogP contribution in [0, 0.1) is 23.1 Å². The highest BCUT2D eigenvalue weighted by Crippen LogP contribution is 2.47. The number of ether oxygens (including phenoxy) is 1. The number of amides is 2. The minimum Gasteiger partial charge on any atom is -0.371 e. The van der Waals surface area contributed by atoms with Crippen LogP contribution in [0.15, 0.2) is 30.3 Å². The lowest BCUT2D eigenvalue weighted by molar-refractivity contribution is -0.0405. The first-order chi connectivity index (χ1) is 17.2. The van der Waals surface area contributed by atoms with Crippen molar-refractivity contribution in [1.82, 2.24) is 4.90 Å². The second kappa shape index (κ2) is 9.40. The van der Waals surface area contributed by atoms with Crippen LogP contribution in [0.4, 0.5) is 20.6 Å². The number of hydrogen-bond acceptors (Lipinski definition) is 4. The van der Waals surface area contributed by atoms with E-state index < -0.39 is 0 Å². The Balaban J connectivity index is 1.44. The van der Waals surface area contributed by atoms with Gasteiger partial charge in [-0.2, -0.15) is 5.26 Å². The summed E-state index contributed by atoms with van der Waals surface area (Å²) in [5.74, 6) is 0.449. The summed E-state index contributed by atoms with van der Waals surface area (Å²) < 4.78 is 19.4. The van der Waals surface area contributed by atoms with E-state index in [1.807, 2.05) is 4.90 Å². The summed E-state index contributed by atoms with van der Waals surface area (Å²) in [6.07, 6.45) is 3.10. The lowest BCUT2D eigenvalue weighted by atomic mass is 9.83. The van der Waals surface area contributed by atoms with Gasteiger partial charge in [0.05, 0.1) is 29.5 Å². The van der Waals surface area contributed by atoms with Crippen LogP contribution in [0.3, 0.4) is 0 Å². The van der Waals surface area contributed by atoms with E-state index in [2.05, 4.69) is 50.0 Å². The molecule has 190 valence electrons. The number of anilines is 2. The van der Waals surface area contributed by atoms with Crippen molar-refractivity contribution >= 4 is 17.4 Å². The molecule has 0 aromatic heterocycles. The van der Waals surface area contributed by atoms with Crippen LogP contribution in [-0.2, 0) is 17.8 Å². The number of urea groups is 1. The monoisotopic (exact) mass is 490 g/mol. The van der Waals surface area contributed by atoms with Gasteiger partial charge in [0.25, 0.3) is 0 Å². The Labute approximate surface area is 213 Å². The zero-order chi connectivity index (χ0) is 25.6. The first-order valence-corrected chi connectivity index (χ1v) is 13.0. The van der Waals surface area contributed by atoms with Crippen molar-refractivity contribution in [2.75, 3.05) is 29.9 Å². The number of nitriles is 1. The van der Waals surface area contributed by atoms with Crippen LogP contribution >= 0.6 is 0 Å². The van der Waals surface area contributed by atoms with Gasteiger partial charge in [0.15, 0.2) is 0 Å². The van der Waals surface area contributed by atoms with Crippen LogP contribution in [0.5, 0.6) is 0 Å². The van der Waals surface area contributed by atoms with Crippen LogP contribution in [-0.4, -0.2) is 42.2 Å². The Bertz CT molecular complexity index is 1200. The Morgan fingerprint density at radius 2 is 1.92 bits per heavy atom. The van der Waals surface area contributed by atoms with Crippen molar-refractivity contribution in [3.63, 3.8) is 0 Å². The third kappa shape index (κ3) is 4.79. The highest BCUT2D eigenvalue weighted by Gasteiger charge is 2.38. The van der Waals surface area contributed by atoms with Crippen molar-refractivity contribution in [2.45, 2.75) is 71.1 Å². The Hall–Kier alpha value is -3.11. The minimum atomic E-state index is -0.333. The van der Waals surface area contributed by atoms with Crippen LogP contribution < -0.4 is 10.2 Å². The molecule has 5 rings (SSSR count). The molecule has 3 aliphatic rings. The Morgan fingerprint density at radius 1 is 1.19 bits per heavy atom. The lowest BCUT2D eigenvalue weighted by Crippen LogP contribution is -2.58. The summed E-state index contributed by atoms with van der Waals surface area (Å²) in [6, 6.07) is 10.4. The zero-order valence-corrected chi connectivity index (χ0v) is 21.6. The first-order valence-electron chi connectivity index (χ1n) is 13.0. The standard InChI is InChI=1S/C29H35FN4O2/c1-18(2)27-16-33(11-12-34(27)28(35)32-21-9-7-20(30)8-10-21)26-13-22(19-5-6-19)25-17-36-29(3,4)14-23(25)24(26)15-31/h7-10,13,18-19,27H,5-6,11-12,14,16-17H2,1-4H3,(H,32,35). The molecule has 2 aromatic carbocycles. The van der Waals surface area contributed by atoms with Crippen LogP contribution in [0.2, 0.25) is 0 Å². The SMILES string of the molecule is CC(C)C1CN(c2cc(C3CC3)c3c(c2C#N)CC(C)(C)OC3)CCN1C(=O)Nc1ccc(F)cc1. The molecule has 2 amide bonds. The molecule has 2 heterocycles. The number of fused-ring (bicyclic) bond motifs is 1. The Morgan fingerprint density at radius 3 is 2.56 bits per heavy atom. The number of benzene rings is 2. The molecule has 36 heavy (non-hydrogen) atoms. The van der Waals surface area contributed by atoms with Crippen molar-refractivity contribution in [1.29, 1.82) is 5.26 Å². The van der Waals surface area contributed by atoms with Gasteiger partial charge >= 0.3 is 6.03 Å². The number of nitrogens with one attached hydrogen (secondary N) is 1. The van der Waals surface area contributed by atoms with E-state index in [1.165, 1.54) is 36.1 Å². The maximum atomic E-state index is 13.3. The molecule has 0 spiro atoms. The molecule has 6 nitrogen and oxygen atoms in total. The molecular weight excluding hydrogens is 455 g/mol. The van der Waals surface area contributed by atoms with E-state index in [9.17, 15) is 14.4 Å². The fourth-order valence-corrected chi connectivity index (χ4v) is 5.61. The summed E-state index contributed by atoms with van der Waals surface area (Å²) in [6.45, 7) is 10.9. The van der Waals surface area contributed by atoms with Gasteiger partial charge in [0.2, 0.25) is 0 Å². The maximum Gasteiger partial charge on any atom is 0.322 e. The van der Waals surface area contributed by atoms with Gasteiger partial charge in [-0.25, -0.2) is 9.18 Å². The molecule has 2 aromatic rings. The van der Waals surface area contributed by atoms with Gasteiger partial charge in [-0.15, -0.1) is 0 Å².